The van der Waals surface area contributed by atoms with Gasteiger partial charge in [-0.05, 0) is 43.0 Å². The van der Waals surface area contributed by atoms with Gasteiger partial charge in [0.15, 0.2) is 0 Å². The van der Waals surface area contributed by atoms with Gasteiger partial charge < -0.3 is 10.4 Å². The average Bonchev–Trinajstić information content (AvgIpc) is 2.33. The zero-order chi connectivity index (χ0) is 15.3. The summed E-state index contributed by atoms with van der Waals surface area (Å²) in [6, 6.07) is 7.89. The van der Waals surface area contributed by atoms with Crippen LogP contribution in [-0.2, 0) is 4.79 Å². The zero-order valence-electron chi connectivity index (χ0n) is 12.4. The molecule has 20 heavy (non-hydrogen) atoms. The molecule has 1 rings (SSSR count). The molecule has 1 amide bonds. The Morgan fingerprint density at radius 3 is 2.35 bits per heavy atom. The van der Waals surface area contributed by atoms with Crippen molar-refractivity contribution in [3.8, 4) is 0 Å². The monoisotopic (exact) mass is 339 g/mol. The van der Waals surface area contributed by atoms with Crippen molar-refractivity contribution in [3.05, 3.63) is 40.4 Å². The molecule has 0 saturated carbocycles. The van der Waals surface area contributed by atoms with Gasteiger partial charge in [-0.2, -0.15) is 0 Å². The topological polar surface area (TPSA) is 49.3 Å². The van der Waals surface area contributed by atoms with Crippen molar-refractivity contribution in [1.82, 2.24) is 5.32 Å². The molecule has 1 aromatic carbocycles. The molecule has 0 bridgehead atoms. The Labute approximate surface area is 129 Å². The molecule has 0 heterocycles. The largest absolute Gasteiger partial charge is 0.389 e. The van der Waals surface area contributed by atoms with E-state index in [2.05, 4.69) is 35.1 Å². The minimum atomic E-state index is -0.904. The van der Waals surface area contributed by atoms with Crippen LogP contribution in [0.2, 0.25) is 0 Å². The van der Waals surface area contributed by atoms with Gasteiger partial charge in [0.25, 0.3) is 0 Å². The lowest BCUT2D eigenvalue weighted by molar-refractivity contribution is -0.117. The van der Waals surface area contributed by atoms with E-state index in [0.29, 0.717) is 0 Å². The zero-order valence-corrected chi connectivity index (χ0v) is 14.0. The van der Waals surface area contributed by atoms with Gasteiger partial charge >= 0.3 is 0 Å². The van der Waals surface area contributed by atoms with Crippen molar-refractivity contribution in [2.75, 3.05) is 6.54 Å². The van der Waals surface area contributed by atoms with E-state index in [1.165, 1.54) is 0 Å². The van der Waals surface area contributed by atoms with Gasteiger partial charge in [-0.25, -0.2) is 0 Å². The number of allylic oxidation sites excluding steroid dienone is 1. The molecule has 2 N–H and O–H groups in total. The van der Waals surface area contributed by atoms with E-state index in [4.69, 9.17) is 0 Å². The fourth-order valence-electron chi connectivity index (χ4n) is 1.72. The van der Waals surface area contributed by atoms with Crippen LogP contribution in [0.4, 0.5) is 0 Å². The molecule has 3 nitrogen and oxygen atoms in total. The number of carbonyl (C=O) groups excluding carboxylic acids is 1. The van der Waals surface area contributed by atoms with Crippen molar-refractivity contribution >= 4 is 27.4 Å². The number of nitrogens with one attached hydrogen (secondary N) is 1. The number of hydrogen-bond donors (Lipinski definition) is 2. The van der Waals surface area contributed by atoms with Crippen molar-refractivity contribution in [2.24, 2.45) is 5.92 Å². The predicted molar refractivity (Wildman–Crippen MR) is 86.3 cm³/mol. The number of carbonyl (C=O) groups is 1. The van der Waals surface area contributed by atoms with Gasteiger partial charge in [0.2, 0.25) is 5.91 Å². The molecule has 0 atom stereocenters. The second kappa shape index (κ2) is 7.04. The standard InChI is InChI=1S/C16H22BrNO2/c1-11(2)14(12-5-7-13(17)8-6-12)9-15(19)18-10-16(3,4)20/h5-9,11,20H,10H2,1-4H3,(H,18,19)/b14-9+. The SMILES string of the molecule is CC(C)/C(=C\C(=O)NCC(C)(C)O)c1ccc(Br)cc1. The van der Waals surface area contributed by atoms with Crippen molar-refractivity contribution in [1.29, 1.82) is 0 Å². The summed E-state index contributed by atoms with van der Waals surface area (Å²) in [5.74, 6) is 0.0582. The van der Waals surface area contributed by atoms with E-state index in [9.17, 15) is 9.90 Å². The Morgan fingerprint density at radius 2 is 1.90 bits per heavy atom. The second-order valence-corrected chi connectivity index (χ2v) is 6.71. The second-order valence-electron chi connectivity index (χ2n) is 5.79. The van der Waals surface area contributed by atoms with E-state index >= 15 is 0 Å². The van der Waals surface area contributed by atoms with E-state index in [1.807, 2.05) is 24.3 Å². The maximum absolute atomic E-state index is 11.9. The molecule has 0 aliphatic carbocycles. The van der Waals surface area contributed by atoms with Gasteiger partial charge in [-0.3, -0.25) is 4.79 Å². The lowest BCUT2D eigenvalue weighted by atomic mass is 9.95. The maximum Gasteiger partial charge on any atom is 0.244 e. The van der Waals surface area contributed by atoms with E-state index in [-0.39, 0.29) is 18.4 Å². The average molecular weight is 340 g/mol. The van der Waals surface area contributed by atoms with E-state index < -0.39 is 5.60 Å². The van der Waals surface area contributed by atoms with Crippen LogP contribution in [0.1, 0.15) is 33.3 Å². The van der Waals surface area contributed by atoms with Gasteiger partial charge in [0, 0.05) is 17.1 Å². The summed E-state index contributed by atoms with van der Waals surface area (Å²) in [7, 11) is 0. The Hall–Kier alpha value is -1.13. The summed E-state index contributed by atoms with van der Waals surface area (Å²) >= 11 is 3.40. The lowest BCUT2D eigenvalue weighted by Crippen LogP contribution is -2.37. The van der Waals surface area contributed by atoms with Gasteiger partial charge in [-0.15, -0.1) is 0 Å². The molecule has 0 fully saturated rings. The Morgan fingerprint density at radius 1 is 1.35 bits per heavy atom. The number of rotatable bonds is 5. The first kappa shape index (κ1) is 16.9. The highest BCUT2D eigenvalue weighted by molar-refractivity contribution is 9.10. The molecular formula is C16H22BrNO2. The lowest BCUT2D eigenvalue weighted by Gasteiger charge is -2.17. The van der Waals surface area contributed by atoms with Crippen LogP contribution in [0.5, 0.6) is 0 Å². The first-order chi connectivity index (χ1) is 9.19. The third-order valence-electron chi connectivity index (χ3n) is 2.78. The van der Waals surface area contributed by atoms with E-state index in [0.717, 1.165) is 15.6 Å². The van der Waals surface area contributed by atoms with Crippen LogP contribution in [0.25, 0.3) is 5.57 Å². The Bertz CT molecular complexity index is 484. The third kappa shape index (κ3) is 5.88. The van der Waals surface area contributed by atoms with Crippen molar-refractivity contribution in [2.45, 2.75) is 33.3 Å². The molecule has 0 spiro atoms. The summed E-state index contributed by atoms with van der Waals surface area (Å²) in [5, 5.41) is 12.3. The van der Waals surface area contributed by atoms with Crippen LogP contribution < -0.4 is 5.32 Å². The first-order valence-electron chi connectivity index (χ1n) is 6.67. The maximum atomic E-state index is 11.9. The highest BCUT2D eigenvalue weighted by Gasteiger charge is 2.14. The molecule has 4 heteroatoms. The Kier molecular flexibility index (Phi) is 5.96. The third-order valence-corrected chi connectivity index (χ3v) is 3.31. The Balaban J connectivity index is 2.88. The van der Waals surface area contributed by atoms with E-state index in [1.54, 1.807) is 19.9 Å². The van der Waals surface area contributed by atoms with Gasteiger partial charge in [0.05, 0.1) is 5.60 Å². The highest BCUT2D eigenvalue weighted by Crippen LogP contribution is 2.24. The fourth-order valence-corrected chi connectivity index (χ4v) is 1.99. The molecule has 0 radical (unpaired) electrons. The van der Waals surface area contributed by atoms with Crippen molar-refractivity contribution < 1.29 is 9.90 Å². The molecule has 0 unspecified atom stereocenters. The number of hydrogen-bond acceptors (Lipinski definition) is 2. The van der Waals surface area contributed by atoms with Crippen molar-refractivity contribution in [3.63, 3.8) is 0 Å². The van der Waals surface area contributed by atoms with Gasteiger partial charge in [-0.1, -0.05) is 41.9 Å². The van der Waals surface area contributed by atoms with Gasteiger partial charge in [0.1, 0.15) is 0 Å². The fraction of sp³-hybridized carbons (Fsp3) is 0.438. The van der Waals surface area contributed by atoms with Crippen LogP contribution in [0.15, 0.2) is 34.8 Å². The molecule has 0 aliphatic heterocycles. The number of halogens is 1. The molecular weight excluding hydrogens is 318 g/mol. The summed E-state index contributed by atoms with van der Waals surface area (Å²) in [5.41, 5.74) is 1.10. The van der Waals surface area contributed by atoms with Crippen LogP contribution in [-0.4, -0.2) is 23.2 Å². The van der Waals surface area contributed by atoms with Crippen LogP contribution in [0.3, 0.4) is 0 Å². The molecule has 0 aromatic heterocycles. The molecule has 1 aromatic rings. The number of amides is 1. The van der Waals surface area contributed by atoms with Crippen LogP contribution >= 0.6 is 15.9 Å². The highest BCUT2D eigenvalue weighted by atomic mass is 79.9. The first-order valence-corrected chi connectivity index (χ1v) is 7.46. The summed E-state index contributed by atoms with van der Waals surface area (Å²) in [6.45, 7) is 7.66. The normalized spacial score (nSPS) is 12.7. The molecule has 110 valence electrons. The molecule has 0 saturated heterocycles. The predicted octanol–water partition coefficient (Wildman–Crippen LogP) is 3.38. The smallest absolute Gasteiger partial charge is 0.244 e. The summed E-state index contributed by atoms with van der Waals surface area (Å²) < 4.78 is 1.01. The molecule has 0 aliphatic rings. The quantitative estimate of drug-likeness (QED) is 0.808. The summed E-state index contributed by atoms with van der Waals surface area (Å²) in [6.07, 6.45) is 1.61. The minimum Gasteiger partial charge on any atom is -0.389 e. The van der Waals surface area contributed by atoms with Crippen LogP contribution in [0, 0.1) is 5.92 Å². The summed E-state index contributed by atoms with van der Waals surface area (Å²) in [4.78, 5) is 11.9. The number of benzene rings is 1. The number of aliphatic hydroxyl groups is 1. The minimum absolute atomic E-state index is 0.182.